The molecule has 1 amide bonds. The average Bonchev–Trinajstić information content (AvgIpc) is 3.04. The van der Waals surface area contributed by atoms with E-state index in [0.717, 1.165) is 43.1 Å². The van der Waals surface area contributed by atoms with Crippen molar-refractivity contribution < 1.29 is 13.6 Å². The van der Waals surface area contributed by atoms with Gasteiger partial charge in [0.2, 0.25) is 5.91 Å². The molecular formula is C18H22F2N4O. The number of likely N-dealkylation sites (tertiary alicyclic amines) is 1. The van der Waals surface area contributed by atoms with Crippen molar-refractivity contribution in [3.05, 3.63) is 47.8 Å². The Hall–Kier alpha value is -2.28. The van der Waals surface area contributed by atoms with Gasteiger partial charge in [-0.15, -0.1) is 0 Å². The molecule has 0 bridgehead atoms. The minimum atomic E-state index is -0.648. The predicted octanol–water partition coefficient (Wildman–Crippen LogP) is 3.13. The topological polar surface area (TPSA) is 50.2 Å². The molecule has 7 heteroatoms. The van der Waals surface area contributed by atoms with Crippen LogP contribution in [-0.4, -0.2) is 39.7 Å². The van der Waals surface area contributed by atoms with Crippen LogP contribution >= 0.6 is 0 Å². The van der Waals surface area contributed by atoms with Crippen molar-refractivity contribution >= 4 is 11.6 Å². The molecule has 25 heavy (non-hydrogen) atoms. The first-order valence-electron chi connectivity index (χ1n) is 8.45. The van der Waals surface area contributed by atoms with Crippen LogP contribution < -0.4 is 5.32 Å². The number of anilines is 1. The molecule has 1 aromatic heterocycles. The lowest BCUT2D eigenvalue weighted by atomic mass is 10.0. The Morgan fingerprint density at radius 1 is 1.40 bits per heavy atom. The highest BCUT2D eigenvalue weighted by Crippen LogP contribution is 2.23. The predicted molar refractivity (Wildman–Crippen MR) is 91.3 cm³/mol. The number of halogens is 2. The van der Waals surface area contributed by atoms with Crippen LogP contribution in [0.2, 0.25) is 0 Å². The molecule has 2 unspecified atom stereocenters. The molecule has 0 radical (unpaired) electrons. The molecule has 0 aliphatic carbocycles. The van der Waals surface area contributed by atoms with Gasteiger partial charge in [-0.25, -0.2) is 8.78 Å². The Labute approximate surface area is 145 Å². The summed E-state index contributed by atoms with van der Waals surface area (Å²) in [5.74, 6) is -1.58. The first kappa shape index (κ1) is 17.5. The third kappa shape index (κ3) is 4.04. The number of nitrogens with zero attached hydrogens (tertiary/aromatic N) is 3. The van der Waals surface area contributed by atoms with Crippen molar-refractivity contribution in [2.75, 3.05) is 18.4 Å². The number of amides is 1. The summed E-state index contributed by atoms with van der Waals surface area (Å²) in [5.41, 5.74) is 0.970. The van der Waals surface area contributed by atoms with Crippen LogP contribution in [0.5, 0.6) is 0 Å². The highest BCUT2D eigenvalue weighted by atomic mass is 19.1. The van der Waals surface area contributed by atoms with E-state index in [1.807, 2.05) is 24.0 Å². The minimum absolute atomic E-state index is 0.131. The molecule has 0 saturated carbocycles. The van der Waals surface area contributed by atoms with Gasteiger partial charge in [-0.2, -0.15) is 5.10 Å². The lowest BCUT2D eigenvalue weighted by Crippen LogP contribution is -2.47. The molecule has 1 N–H and O–H groups in total. The third-order valence-corrected chi connectivity index (χ3v) is 4.65. The molecule has 2 atom stereocenters. The second-order valence-corrected chi connectivity index (χ2v) is 6.58. The average molecular weight is 348 g/mol. The van der Waals surface area contributed by atoms with Gasteiger partial charge in [0.15, 0.2) is 0 Å². The summed E-state index contributed by atoms with van der Waals surface area (Å²) < 4.78 is 28.9. The number of benzene rings is 1. The van der Waals surface area contributed by atoms with Gasteiger partial charge in [0, 0.05) is 18.8 Å². The molecule has 1 aliphatic heterocycles. The summed E-state index contributed by atoms with van der Waals surface area (Å²) in [7, 11) is 0. The zero-order valence-electron chi connectivity index (χ0n) is 14.4. The second kappa shape index (κ2) is 7.31. The molecule has 5 nitrogen and oxygen atoms in total. The standard InChI is InChI=1S/C18H22F2N4O/c1-12-9-21-24(10-12)15-4-3-7-23(11-15)13(2)18(25)22-17-8-14(19)5-6-16(17)20/h5-6,8-10,13,15H,3-4,7,11H2,1-2H3,(H,22,25). The fraction of sp³-hybridized carbons (Fsp3) is 0.444. The Kier molecular flexibility index (Phi) is 5.13. The lowest BCUT2D eigenvalue weighted by Gasteiger charge is -2.36. The SMILES string of the molecule is Cc1cnn(C2CCCN(C(C)C(=O)Nc3cc(F)ccc3F)C2)c1. The molecular weight excluding hydrogens is 326 g/mol. The van der Waals surface area contributed by atoms with E-state index in [9.17, 15) is 13.6 Å². The van der Waals surface area contributed by atoms with E-state index in [-0.39, 0.29) is 17.6 Å². The van der Waals surface area contributed by atoms with Gasteiger partial charge in [-0.05, 0) is 50.9 Å². The Morgan fingerprint density at radius 2 is 2.20 bits per heavy atom. The first-order valence-corrected chi connectivity index (χ1v) is 8.45. The fourth-order valence-electron chi connectivity index (χ4n) is 3.18. The molecule has 3 rings (SSSR count). The molecule has 2 heterocycles. The quantitative estimate of drug-likeness (QED) is 0.924. The fourth-order valence-corrected chi connectivity index (χ4v) is 3.18. The molecule has 1 aliphatic rings. The van der Waals surface area contributed by atoms with Crippen molar-refractivity contribution in [1.29, 1.82) is 0 Å². The summed E-state index contributed by atoms with van der Waals surface area (Å²) >= 11 is 0. The van der Waals surface area contributed by atoms with E-state index >= 15 is 0 Å². The Morgan fingerprint density at radius 3 is 2.92 bits per heavy atom. The van der Waals surface area contributed by atoms with Crippen LogP contribution in [-0.2, 0) is 4.79 Å². The zero-order chi connectivity index (χ0) is 18.0. The van der Waals surface area contributed by atoms with Gasteiger partial charge in [0.1, 0.15) is 11.6 Å². The number of rotatable bonds is 4. The van der Waals surface area contributed by atoms with Gasteiger partial charge in [-0.1, -0.05) is 0 Å². The minimum Gasteiger partial charge on any atom is -0.322 e. The number of nitrogens with one attached hydrogen (secondary N) is 1. The van der Waals surface area contributed by atoms with Crippen LogP contribution in [0.15, 0.2) is 30.6 Å². The molecule has 134 valence electrons. The second-order valence-electron chi connectivity index (χ2n) is 6.58. The van der Waals surface area contributed by atoms with Crippen LogP contribution in [0.4, 0.5) is 14.5 Å². The number of hydrogen-bond acceptors (Lipinski definition) is 3. The summed E-state index contributed by atoms with van der Waals surface area (Å²) in [6, 6.07) is 2.79. The van der Waals surface area contributed by atoms with Crippen molar-refractivity contribution in [3.63, 3.8) is 0 Å². The van der Waals surface area contributed by atoms with Crippen molar-refractivity contribution in [1.82, 2.24) is 14.7 Å². The maximum atomic E-state index is 13.7. The van der Waals surface area contributed by atoms with E-state index in [2.05, 4.69) is 15.3 Å². The molecule has 1 fully saturated rings. The van der Waals surface area contributed by atoms with Gasteiger partial charge >= 0.3 is 0 Å². The number of aryl methyl sites for hydroxylation is 1. The first-order chi connectivity index (χ1) is 11.9. The highest BCUT2D eigenvalue weighted by molar-refractivity contribution is 5.94. The largest absolute Gasteiger partial charge is 0.322 e. The molecule has 1 aromatic carbocycles. The molecule has 2 aromatic rings. The third-order valence-electron chi connectivity index (χ3n) is 4.65. The smallest absolute Gasteiger partial charge is 0.241 e. The summed E-state index contributed by atoms with van der Waals surface area (Å²) in [6.45, 7) is 5.26. The summed E-state index contributed by atoms with van der Waals surface area (Å²) in [4.78, 5) is 14.5. The van der Waals surface area contributed by atoms with E-state index in [1.54, 1.807) is 6.92 Å². The monoisotopic (exact) mass is 348 g/mol. The number of carbonyl (C=O) groups excluding carboxylic acids is 1. The van der Waals surface area contributed by atoms with E-state index in [4.69, 9.17) is 0 Å². The van der Waals surface area contributed by atoms with Crippen molar-refractivity contribution in [2.45, 2.75) is 38.8 Å². The number of hydrogen-bond donors (Lipinski definition) is 1. The lowest BCUT2D eigenvalue weighted by molar-refractivity contribution is -0.121. The van der Waals surface area contributed by atoms with E-state index < -0.39 is 17.7 Å². The highest BCUT2D eigenvalue weighted by Gasteiger charge is 2.29. The van der Waals surface area contributed by atoms with E-state index in [1.165, 1.54) is 0 Å². The van der Waals surface area contributed by atoms with Crippen molar-refractivity contribution in [3.8, 4) is 0 Å². The number of aromatic nitrogens is 2. The van der Waals surface area contributed by atoms with Crippen molar-refractivity contribution in [2.24, 2.45) is 0 Å². The van der Waals surface area contributed by atoms with Crippen LogP contribution in [0.1, 0.15) is 31.4 Å². The molecule has 1 saturated heterocycles. The van der Waals surface area contributed by atoms with Gasteiger partial charge in [-0.3, -0.25) is 14.4 Å². The van der Waals surface area contributed by atoms with Crippen LogP contribution in [0.25, 0.3) is 0 Å². The van der Waals surface area contributed by atoms with Gasteiger partial charge in [0.25, 0.3) is 0 Å². The van der Waals surface area contributed by atoms with Crippen LogP contribution in [0.3, 0.4) is 0 Å². The van der Waals surface area contributed by atoms with Gasteiger partial charge in [0.05, 0.1) is 24.0 Å². The maximum absolute atomic E-state index is 13.7. The molecule has 0 spiro atoms. The summed E-state index contributed by atoms with van der Waals surface area (Å²) in [5, 5.41) is 6.85. The Bertz CT molecular complexity index is 761. The van der Waals surface area contributed by atoms with Crippen LogP contribution in [0, 0.1) is 18.6 Å². The van der Waals surface area contributed by atoms with Gasteiger partial charge < -0.3 is 5.32 Å². The van der Waals surface area contributed by atoms with E-state index in [0.29, 0.717) is 6.54 Å². The summed E-state index contributed by atoms with van der Waals surface area (Å²) in [6.07, 6.45) is 5.78. The number of carbonyl (C=O) groups is 1. The Balaban J connectivity index is 1.66. The normalized spacial score (nSPS) is 19.6. The number of piperidine rings is 1. The maximum Gasteiger partial charge on any atom is 0.241 e. The zero-order valence-corrected chi connectivity index (χ0v) is 14.4.